The number of hydrogen-bond acceptors (Lipinski definition) is 2. The van der Waals surface area contributed by atoms with Gasteiger partial charge in [0.15, 0.2) is 0 Å². The lowest BCUT2D eigenvalue weighted by molar-refractivity contribution is 0.673. The lowest BCUT2D eigenvalue weighted by atomic mass is 9.96. The van der Waals surface area contributed by atoms with E-state index in [1.165, 1.54) is 27.6 Å². The average Bonchev–Trinajstić information content (AvgIpc) is 3.65. The van der Waals surface area contributed by atoms with Crippen LogP contribution in [-0.4, -0.2) is 0 Å². The highest BCUT2D eigenvalue weighted by molar-refractivity contribution is 6.19. The molecule has 0 aliphatic carbocycles. The lowest BCUT2D eigenvalue weighted by Crippen LogP contribution is -2.11. The van der Waals surface area contributed by atoms with Gasteiger partial charge in [-0.3, -0.25) is 0 Å². The molecule has 0 atom stereocenters. The summed E-state index contributed by atoms with van der Waals surface area (Å²) in [5, 5.41) is 4.56. The van der Waals surface area contributed by atoms with Gasteiger partial charge in [0.2, 0.25) is 0 Å². The molecule has 2 heteroatoms. The molecular formula is C52H35NO. The maximum absolute atomic E-state index is 6.58. The second-order valence-electron chi connectivity index (χ2n) is 13.7. The Hall–Kier alpha value is -7.16. The number of hydrogen-bond donors (Lipinski definition) is 0. The Balaban J connectivity index is 1.13. The van der Waals surface area contributed by atoms with Crippen molar-refractivity contribution < 1.29 is 4.42 Å². The van der Waals surface area contributed by atoms with E-state index in [1.807, 2.05) is 0 Å². The second-order valence-corrected chi connectivity index (χ2v) is 13.7. The van der Waals surface area contributed by atoms with Crippen LogP contribution >= 0.6 is 0 Å². The van der Waals surface area contributed by atoms with Gasteiger partial charge in [0.05, 0.1) is 5.69 Å². The van der Waals surface area contributed by atoms with E-state index in [9.17, 15) is 0 Å². The summed E-state index contributed by atoms with van der Waals surface area (Å²) in [7, 11) is 0. The first-order chi connectivity index (χ1) is 26.8. The molecule has 254 valence electrons. The summed E-state index contributed by atoms with van der Waals surface area (Å²) >= 11 is 0. The predicted molar refractivity (Wildman–Crippen MR) is 228 cm³/mol. The summed E-state index contributed by atoms with van der Waals surface area (Å²) < 4.78 is 6.58. The zero-order valence-electron chi connectivity index (χ0n) is 29.6. The molecule has 0 spiro atoms. The molecule has 1 aromatic heterocycles. The normalized spacial score (nSPS) is 11.3. The fourth-order valence-corrected chi connectivity index (χ4v) is 7.85. The highest BCUT2D eigenvalue weighted by atomic mass is 16.3. The van der Waals surface area contributed by atoms with E-state index in [0.29, 0.717) is 0 Å². The Labute approximate surface area is 314 Å². The number of anilines is 3. The van der Waals surface area contributed by atoms with Gasteiger partial charge in [0.25, 0.3) is 0 Å². The van der Waals surface area contributed by atoms with Gasteiger partial charge >= 0.3 is 0 Å². The van der Waals surface area contributed by atoms with Crippen LogP contribution in [0.25, 0.3) is 77.2 Å². The molecule has 0 bridgehead atoms. The van der Waals surface area contributed by atoms with Crippen LogP contribution in [-0.2, 0) is 0 Å². The van der Waals surface area contributed by atoms with Gasteiger partial charge in [-0.15, -0.1) is 0 Å². The summed E-state index contributed by atoms with van der Waals surface area (Å²) in [6.45, 7) is 0. The maximum Gasteiger partial charge on any atom is 0.143 e. The van der Waals surface area contributed by atoms with Crippen molar-refractivity contribution in [3.8, 4) is 44.5 Å². The smallest absolute Gasteiger partial charge is 0.143 e. The van der Waals surface area contributed by atoms with Crippen molar-refractivity contribution in [2.24, 2.45) is 0 Å². The Bertz CT molecular complexity index is 2910. The van der Waals surface area contributed by atoms with Crippen LogP contribution in [0, 0.1) is 0 Å². The quantitative estimate of drug-likeness (QED) is 0.166. The molecular weight excluding hydrogens is 655 g/mol. The van der Waals surface area contributed by atoms with Gasteiger partial charge < -0.3 is 9.32 Å². The number of rotatable bonds is 7. The molecule has 0 aliphatic heterocycles. The molecule has 9 aromatic carbocycles. The van der Waals surface area contributed by atoms with Gasteiger partial charge in [0.1, 0.15) is 11.2 Å². The first-order valence-electron chi connectivity index (χ1n) is 18.4. The molecule has 0 N–H and O–H groups in total. The fraction of sp³-hybridized carbons (Fsp3) is 0. The minimum atomic E-state index is 0.891. The fourth-order valence-electron chi connectivity index (χ4n) is 7.85. The largest absolute Gasteiger partial charge is 0.455 e. The van der Waals surface area contributed by atoms with Crippen LogP contribution < -0.4 is 4.90 Å². The molecule has 0 saturated carbocycles. The molecule has 0 saturated heterocycles. The number of fused-ring (bicyclic) bond motifs is 5. The Morgan fingerprint density at radius 1 is 0.333 bits per heavy atom. The van der Waals surface area contributed by atoms with Crippen molar-refractivity contribution in [2.45, 2.75) is 0 Å². The standard InChI is InChI=1S/C52H35NO/c1-3-13-36(14-4-1)38-25-27-41(28-26-38)45-20-9-10-23-49(45)53(43-32-29-39(30-33-43)37-15-5-2-6-16-37)44-19-11-18-42(35-44)46-22-12-24-50-51(46)48-34-31-40-17-7-8-21-47(40)52(48)54-50/h1-35H. The molecule has 0 unspecified atom stereocenters. The molecule has 10 aromatic rings. The third kappa shape index (κ3) is 5.62. The second kappa shape index (κ2) is 13.4. The summed E-state index contributed by atoms with van der Waals surface area (Å²) in [6, 6.07) is 75.8. The van der Waals surface area contributed by atoms with Crippen LogP contribution in [0.5, 0.6) is 0 Å². The van der Waals surface area contributed by atoms with Crippen molar-refractivity contribution in [3.63, 3.8) is 0 Å². The molecule has 2 nitrogen and oxygen atoms in total. The first kappa shape index (κ1) is 31.6. The van der Waals surface area contributed by atoms with Gasteiger partial charge in [0, 0.05) is 33.1 Å². The monoisotopic (exact) mass is 689 g/mol. The third-order valence-corrected chi connectivity index (χ3v) is 10.5. The average molecular weight is 690 g/mol. The van der Waals surface area contributed by atoms with Crippen molar-refractivity contribution in [1.82, 2.24) is 0 Å². The summed E-state index contributed by atoms with van der Waals surface area (Å²) in [6.07, 6.45) is 0. The Morgan fingerprint density at radius 2 is 0.907 bits per heavy atom. The number of para-hydroxylation sites is 1. The zero-order chi connectivity index (χ0) is 35.8. The van der Waals surface area contributed by atoms with E-state index in [1.54, 1.807) is 0 Å². The van der Waals surface area contributed by atoms with Gasteiger partial charge in [-0.1, -0.05) is 170 Å². The Morgan fingerprint density at radius 3 is 1.67 bits per heavy atom. The van der Waals surface area contributed by atoms with E-state index >= 15 is 0 Å². The summed E-state index contributed by atoms with van der Waals surface area (Å²) in [5.74, 6) is 0. The van der Waals surface area contributed by atoms with Crippen LogP contribution in [0.4, 0.5) is 17.1 Å². The zero-order valence-corrected chi connectivity index (χ0v) is 29.6. The first-order valence-corrected chi connectivity index (χ1v) is 18.4. The minimum Gasteiger partial charge on any atom is -0.455 e. The van der Waals surface area contributed by atoms with Crippen LogP contribution in [0.3, 0.4) is 0 Å². The van der Waals surface area contributed by atoms with Gasteiger partial charge in [-0.25, -0.2) is 0 Å². The maximum atomic E-state index is 6.58. The predicted octanol–water partition coefficient (Wildman–Crippen LogP) is 14.9. The summed E-state index contributed by atoms with van der Waals surface area (Å²) in [5.41, 5.74) is 14.5. The molecule has 0 fully saturated rings. The van der Waals surface area contributed by atoms with Crippen molar-refractivity contribution >= 4 is 49.8 Å². The van der Waals surface area contributed by atoms with E-state index < -0.39 is 0 Å². The Kier molecular flexibility index (Phi) is 7.85. The molecule has 10 rings (SSSR count). The third-order valence-electron chi connectivity index (χ3n) is 10.5. The molecule has 0 amide bonds. The van der Waals surface area contributed by atoms with Crippen molar-refractivity contribution in [3.05, 3.63) is 212 Å². The van der Waals surface area contributed by atoms with Crippen LogP contribution in [0.1, 0.15) is 0 Å². The molecule has 54 heavy (non-hydrogen) atoms. The van der Waals surface area contributed by atoms with E-state index in [4.69, 9.17) is 4.42 Å². The van der Waals surface area contributed by atoms with Gasteiger partial charge in [-0.05, 0) is 86.8 Å². The molecule has 0 aliphatic rings. The SMILES string of the molecule is c1ccc(-c2ccc(-c3ccccc3N(c3ccc(-c4ccccc4)cc3)c3cccc(-c4cccc5oc6c7ccccc7ccc6c45)c3)cc2)cc1. The summed E-state index contributed by atoms with van der Waals surface area (Å²) in [4.78, 5) is 2.39. The lowest BCUT2D eigenvalue weighted by Gasteiger charge is -2.28. The van der Waals surface area contributed by atoms with Gasteiger partial charge in [-0.2, -0.15) is 0 Å². The highest BCUT2D eigenvalue weighted by Gasteiger charge is 2.20. The van der Waals surface area contributed by atoms with Crippen molar-refractivity contribution in [1.29, 1.82) is 0 Å². The van der Waals surface area contributed by atoms with Crippen LogP contribution in [0.2, 0.25) is 0 Å². The number of furan rings is 1. The minimum absolute atomic E-state index is 0.891. The molecule has 0 radical (unpaired) electrons. The van der Waals surface area contributed by atoms with Crippen molar-refractivity contribution in [2.75, 3.05) is 4.90 Å². The van der Waals surface area contributed by atoms with E-state index in [-0.39, 0.29) is 0 Å². The topological polar surface area (TPSA) is 16.4 Å². The number of benzene rings is 9. The van der Waals surface area contributed by atoms with E-state index in [0.717, 1.165) is 66.6 Å². The highest BCUT2D eigenvalue weighted by Crippen LogP contribution is 2.44. The number of nitrogens with zero attached hydrogens (tertiary/aromatic N) is 1. The molecule has 1 heterocycles. The van der Waals surface area contributed by atoms with Crippen LogP contribution in [0.15, 0.2) is 217 Å². The van der Waals surface area contributed by atoms with E-state index in [2.05, 4.69) is 217 Å².